The van der Waals surface area contributed by atoms with E-state index in [-0.39, 0.29) is 11.9 Å². The summed E-state index contributed by atoms with van der Waals surface area (Å²) in [6, 6.07) is 14.2. The number of nitrogens with two attached hydrogens (primary N) is 1. The maximum absolute atomic E-state index is 12.1. The van der Waals surface area contributed by atoms with Crippen molar-refractivity contribution in [2.45, 2.75) is 32.2 Å². The molecular formula is C19H22ClN2O+. The van der Waals surface area contributed by atoms with Crippen LogP contribution in [0.1, 0.15) is 36.1 Å². The number of carbonyl (C=O) groups is 1. The number of quaternary nitrogens is 1. The van der Waals surface area contributed by atoms with Crippen molar-refractivity contribution in [2.24, 2.45) is 0 Å². The fourth-order valence-corrected chi connectivity index (χ4v) is 3.17. The molecule has 1 aliphatic carbocycles. The van der Waals surface area contributed by atoms with Crippen LogP contribution in [0, 0.1) is 0 Å². The van der Waals surface area contributed by atoms with Gasteiger partial charge in [-0.3, -0.25) is 4.79 Å². The number of nitrogens with one attached hydrogen (secondary N) is 1. The molecule has 3 rings (SSSR count). The van der Waals surface area contributed by atoms with Gasteiger partial charge in [0.15, 0.2) is 6.54 Å². The molecule has 1 amide bonds. The molecule has 0 spiro atoms. The molecule has 0 saturated heterocycles. The lowest BCUT2D eigenvalue weighted by atomic mass is 10.1. The summed E-state index contributed by atoms with van der Waals surface area (Å²) in [5.41, 5.74) is 4.87. The van der Waals surface area contributed by atoms with Crippen LogP contribution >= 0.6 is 11.6 Å². The second-order valence-electron chi connectivity index (χ2n) is 6.17. The standard InChI is InChI=1S/C19H21ClN2O/c1-13(14-5-8-17(20)9-6-14)21-12-19(23)22-18-10-7-15-3-2-4-16(15)11-18/h5-11,13,21H,2-4,12H2,1H3,(H,22,23)/p+1/t13-/m1/s1. The third-order valence-corrected chi connectivity index (χ3v) is 4.69. The lowest BCUT2D eigenvalue weighted by Gasteiger charge is -2.12. The van der Waals surface area contributed by atoms with Crippen molar-refractivity contribution >= 4 is 23.2 Å². The number of rotatable bonds is 5. The van der Waals surface area contributed by atoms with E-state index in [0.29, 0.717) is 6.54 Å². The molecule has 0 bridgehead atoms. The zero-order valence-corrected chi connectivity index (χ0v) is 14.1. The molecule has 0 aliphatic heterocycles. The van der Waals surface area contributed by atoms with Crippen molar-refractivity contribution in [3.8, 4) is 0 Å². The zero-order valence-electron chi connectivity index (χ0n) is 13.3. The molecule has 0 aromatic heterocycles. The Morgan fingerprint density at radius 1 is 1.17 bits per heavy atom. The van der Waals surface area contributed by atoms with Crippen molar-refractivity contribution in [3.63, 3.8) is 0 Å². The van der Waals surface area contributed by atoms with Gasteiger partial charge in [0.2, 0.25) is 0 Å². The van der Waals surface area contributed by atoms with E-state index >= 15 is 0 Å². The number of halogens is 1. The lowest BCUT2D eigenvalue weighted by Crippen LogP contribution is -2.86. The van der Waals surface area contributed by atoms with Gasteiger partial charge in [0.1, 0.15) is 6.04 Å². The van der Waals surface area contributed by atoms with Crippen LogP contribution in [-0.2, 0) is 17.6 Å². The molecule has 0 fully saturated rings. The molecule has 0 radical (unpaired) electrons. The second kappa shape index (κ2) is 7.16. The Morgan fingerprint density at radius 3 is 2.70 bits per heavy atom. The normalized spacial score (nSPS) is 14.3. The van der Waals surface area contributed by atoms with Crippen LogP contribution in [0.2, 0.25) is 5.02 Å². The van der Waals surface area contributed by atoms with Crippen molar-refractivity contribution in [3.05, 3.63) is 64.2 Å². The number of aryl methyl sites for hydroxylation is 2. The van der Waals surface area contributed by atoms with Crippen LogP contribution in [0.4, 0.5) is 5.69 Å². The Bertz CT molecular complexity index is 697. The van der Waals surface area contributed by atoms with Crippen LogP contribution in [0.3, 0.4) is 0 Å². The van der Waals surface area contributed by atoms with Crippen molar-refractivity contribution < 1.29 is 10.1 Å². The van der Waals surface area contributed by atoms with E-state index in [1.54, 1.807) is 0 Å². The van der Waals surface area contributed by atoms with Gasteiger partial charge in [-0.25, -0.2) is 0 Å². The minimum Gasteiger partial charge on any atom is -0.333 e. The first-order chi connectivity index (χ1) is 11.1. The minimum absolute atomic E-state index is 0.0313. The maximum Gasteiger partial charge on any atom is 0.279 e. The van der Waals surface area contributed by atoms with Gasteiger partial charge < -0.3 is 10.6 Å². The Kier molecular flexibility index (Phi) is 4.99. The Balaban J connectivity index is 1.52. The number of carbonyl (C=O) groups excluding carboxylic acids is 1. The van der Waals surface area contributed by atoms with Crippen LogP contribution in [0.25, 0.3) is 0 Å². The average Bonchev–Trinajstić information content (AvgIpc) is 3.01. The Morgan fingerprint density at radius 2 is 1.91 bits per heavy atom. The van der Waals surface area contributed by atoms with E-state index in [9.17, 15) is 4.79 Å². The first-order valence-corrected chi connectivity index (χ1v) is 8.50. The summed E-state index contributed by atoms with van der Waals surface area (Å²) in [5, 5.41) is 5.76. The molecule has 3 N–H and O–H groups in total. The van der Waals surface area contributed by atoms with Crippen LogP contribution in [-0.4, -0.2) is 12.5 Å². The molecule has 1 aliphatic rings. The van der Waals surface area contributed by atoms with Gasteiger partial charge in [0.25, 0.3) is 5.91 Å². The molecule has 0 unspecified atom stereocenters. The summed E-state index contributed by atoms with van der Waals surface area (Å²) >= 11 is 5.90. The smallest absolute Gasteiger partial charge is 0.279 e. The quantitative estimate of drug-likeness (QED) is 0.870. The zero-order chi connectivity index (χ0) is 16.2. The number of fused-ring (bicyclic) bond motifs is 1. The van der Waals surface area contributed by atoms with Gasteiger partial charge in [-0.05, 0) is 61.6 Å². The molecule has 2 aromatic rings. The lowest BCUT2D eigenvalue weighted by molar-refractivity contribution is -0.682. The first-order valence-electron chi connectivity index (χ1n) is 8.12. The number of hydrogen-bond acceptors (Lipinski definition) is 1. The first kappa shape index (κ1) is 16.0. The summed E-state index contributed by atoms with van der Waals surface area (Å²) in [6.07, 6.45) is 3.51. The number of hydrogen-bond donors (Lipinski definition) is 2. The monoisotopic (exact) mass is 329 g/mol. The van der Waals surface area contributed by atoms with Crippen LogP contribution in [0.5, 0.6) is 0 Å². The van der Waals surface area contributed by atoms with Gasteiger partial charge >= 0.3 is 0 Å². The second-order valence-corrected chi connectivity index (χ2v) is 6.60. The highest BCUT2D eigenvalue weighted by Gasteiger charge is 2.14. The fraction of sp³-hybridized carbons (Fsp3) is 0.316. The molecular weight excluding hydrogens is 308 g/mol. The Labute approximate surface area is 142 Å². The van der Waals surface area contributed by atoms with Gasteiger partial charge in [0.05, 0.1) is 0 Å². The van der Waals surface area contributed by atoms with Gasteiger partial charge in [-0.1, -0.05) is 29.8 Å². The summed E-state index contributed by atoms with van der Waals surface area (Å²) in [5.74, 6) is 0.0313. The molecule has 0 heterocycles. The third kappa shape index (κ3) is 4.12. The minimum atomic E-state index is 0.0313. The summed E-state index contributed by atoms with van der Waals surface area (Å²) in [7, 11) is 0. The molecule has 2 aromatic carbocycles. The summed E-state index contributed by atoms with van der Waals surface area (Å²) in [6.45, 7) is 2.49. The van der Waals surface area contributed by atoms with E-state index in [0.717, 1.165) is 23.6 Å². The van der Waals surface area contributed by atoms with Crippen molar-refractivity contribution in [1.29, 1.82) is 0 Å². The van der Waals surface area contributed by atoms with Crippen molar-refractivity contribution in [1.82, 2.24) is 0 Å². The van der Waals surface area contributed by atoms with Crippen molar-refractivity contribution in [2.75, 3.05) is 11.9 Å². The number of amides is 1. The average molecular weight is 330 g/mol. The van der Waals surface area contributed by atoms with E-state index in [1.165, 1.54) is 23.1 Å². The molecule has 0 saturated carbocycles. The summed E-state index contributed by atoms with van der Waals surface area (Å²) in [4.78, 5) is 12.1. The largest absolute Gasteiger partial charge is 0.333 e. The van der Waals surface area contributed by atoms with Gasteiger partial charge in [-0.2, -0.15) is 0 Å². The Hall–Kier alpha value is -1.84. The molecule has 23 heavy (non-hydrogen) atoms. The predicted molar refractivity (Wildman–Crippen MR) is 93.8 cm³/mol. The predicted octanol–water partition coefficient (Wildman–Crippen LogP) is 3.09. The van der Waals surface area contributed by atoms with Crippen LogP contribution in [0.15, 0.2) is 42.5 Å². The van der Waals surface area contributed by atoms with E-state index in [1.807, 2.05) is 35.6 Å². The topological polar surface area (TPSA) is 45.7 Å². The SMILES string of the molecule is C[C@@H]([NH2+]CC(=O)Nc1ccc2c(c1)CCC2)c1ccc(Cl)cc1. The molecule has 3 nitrogen and oxygen atoms in total. The number of anilines is 1. The molecule has 4 heteroatoms. The highest BCUT2D eigenvalue weighted by atomic mass is 35.5. The highest BCUT2D eigenvalue weighted by molar-refractivity contribution is 6.30. The van der Waals surface area contributed by atoms with Crippen LogP contribution < -0.4 is 10.6 Å². The van der Waals surface area contributed by atoms with Gasteiger partial charge in [-0.15, -0.1) is 0 Å². The molecule has 1 atom stereocenters. The number of benzene rings is 2. The highest BCUT2D eigenvalue weighted by Crippen LogP contribution is 2.24. The fourth-order valence-electron chi connectivity index (χ4n) is 3.05. The van der Waals surface area contributed by atoms with Gasteiger partial charge in [0, 0.05) is 16.3 Å². The van der Waals surface area contributed by atoms with E-state index < -0.39 is 0 Å². The maximum atomic E-state index is 12.1. The summed E-state index contributed by atoms with van der Waals surface area (Å²) < 4.78 is 0. The van der Waals surface area contributed by atoms with E-state index in [2.05, 4.69) is 24.4 Å². The van der Waals surface area contributed by atoms with E-state index in [4.69, 9.17) is 11.6 Å². The third-order valence-electron chi connectivity index (χ3n) is 4.43. The molecule has 120 valence electrons.